The fourth-order valence-corrected chi connectivity index (χ4v) is 3.92. The standard InChI is InChI=1S/C24H31N3O/c1-20-7-3-4-10-23(20)13-16-27-15-6-9-22(19-27)18-26(2)24(28)12-11-21-8-5-14-25-17-21/h3-5,7-8,10-12,14,17,22H,6,9,13,15-16,18-19H2,1-2H3/b12-11+/t22-/m1/s1. The van der Waals surface area contributed by atoms with E-state index in [1.165, 1.54) is 30.5 Å². The van der Waals surface area contributed by atoms with Crippen molar-refractivity contribution in [3.63, 3.8) is 0 Å². The molecule has 1 atom stereocenters. The third-order valence-electron chi connectivity index (χ3n) is 5.57. The van der Waals surface area contributed by atoms with E-state index in [0.717, 1.165) is 31.6 Å². The van der Waals surface area contributed by atoms with Crippen LogP contribution in [0.2, 0.25) is 0 Å². The largest absolute Gasteiger partial charge is 0.342 e. The van der Waals surface area contributed by atoms with Crippen molar-refractivity contribution in [3.05, 3.63) is 71.6 Å². The molecule has 1 fully saturated rings. The molecule has 0 bridgehead atoms. The highest BCUT2D eigenvalue weighted by Gasteiger charge is 2.22. The summed E-state index contributed by atoms with van der Waals surface area (Å²) >= 11 is 0. The third kappa shape index (κ3) is 6.03. The predicted octanol–water partition coefficient (Wildman–Crippen LogP) is 3.82. The summed E-state index contributed by atoms with van der Waals surface area (Å²) in [6.45, 7) is 6.35. The Morgan fingerprint density at radius 2 is 2.14 bits per heavy atom. The Morgan fingerprint density at radius 1 is 1.29 bits per heavy atom. The van der Waals surface area contributed by atoms with Gasteiger partial charge in [-0.3, -0.25) is 9.78 Å². The minimum absolute atomic E-state index is 0.0564. The Labute approximate surface area is 168 Å². The van der Waals surface area contributed by atoms with Gasteiger partial charge in [-0.05, 0) is 67.5 Å². The van der Waals surface area contributed by atoms with Gasteiger partial charge in [0, 0.05) is 45.2 Å². The minimum atomic E-state index is 0.0564. The molecule has 0 saturated carbocycles. The van der Waals surface area contributed by atoms with Gasteiger partial charge in [-0.25, -0.2) is 0 Å². The van der Waals surface area contributed by atoms with Crippen molar-refractivity contribution in [2.45, 2.75) is 26.2 Å². The summed E-state index contributed by atoms with van der Waals surface area (Å²) in [5.74, 6) is 0.604. The summed E-state index contributed by atoms with van der Waals surface area (Å²) in [5.41, 5.74) is 3.77. The van der Waals surface area contributed by atoms with Gasteiger partial charge in [0.05, 0.1) is 0 Å². The van der Waals surface area contributed by atoms with Crippen LogP contribution in [0.15, 0.2) is 54.9 Å². The second-order valence-electron chi connectivity index (χ2n) is 7.82. The number of carbonyl (C=O) groups excluding carboxylic acids is 1. The van der Waals surface area contributed by atoms with Crippen LogP contribution in [0.3, 0.4) is 0 Å². The molecule has 0 unspecified atom stereocenters. The molecule has 1 aromatic heterocycles. The lowest BCUT2D eigenvalue weighted by molar-refractivity contribution is -0.125. The summed E-state index contributed by atoms with van der Waals surface area (Å²) in [7, 11) is 1.90. The maximum absolute atomic E-state index is 12.4. The number of amides is 1. The maximum atomic E-state index is 12.4. The molecule has 148 valence electrons. The van der Waals surface area contributed by atoms with Crippen LogP contribution in [-0.4, -0.2) is 53.9 Å². The first-order valence-corrected chi connectivity index (χ1v) is 10.2. The smallest absolute Gasteiger partial charge is 0.246 e. The van der Waals surface area contributed by atoms with E-state index in [0.29, 0.717) is 5.92 Å². The van der Waals surface area contributed by atoms with E-state index >= 15 is 0 Å². The quantitative estimate of drug-likeness (QED) is 0.689. The second-order valence-corrected chi connectivity index (χ2v) is 7.82. The van der Waals surface area contributed by atoms with Crippen molar-refractivity contribution in [3.8, 4) is 0 Å². The van der Waals surface area contributed by atoms with Crippen LogP contribution in [0, 0.1) is 12.8 Å². The average molecular weight is 378 g/mol. The van der Waals surface area contributed by atoms with Gasteiger partial charge in [-0.1, -0.05) is 30.3 Å². The Morgan fingerprint density at radius 3 is 2.93 bits per heavy atom. The number of hydrogen-bond donors (Lipinski definition) is 0. The Balaban J connectivity index is 1.46. The Hall–Kier alpha value is -2.46. The van der Waals surface area contributed by atoms with Crippen LogP contribution >= 0.6 is 0 Å². The number of piperidine rings is 1. The summed E-state index contributed by atoms with van der Waals surface area (Å²) in [6.07, 6.45) is 10.5. The molecule has 2 aromatic rings. The third-order valence-corrected chi connectivity index (χ3v) is 5.57. The van der Waals surface area contributed by atoms with Crippen LogP contribution in [0.25, 0.3) is 6.08 Å². The highest BCUT2D eigenvalue weighted by Crippen LogP contribution is 2.18. The molecule has 1 aliphatic rings. The topological polar surface area (TPSA) is 36.4 Å². The normalized spacial score (nSPS) is 17.7. The molecule has 1 aromatic carbocycles. The van der Waals surface area contributed by atoms with E-state index < -0.39 is 0 Å². The number of likely N-dealkylation sites (N-methyl/N-ethyl adjacent to an activating group) is 1. The van der Waals surface area contributed by atoms with E-state index in [2.05, 4.69) is 41.1 Å². The number of pyridine rings is 1. The molecular formula is C24H31N3O. The molecule has 1 amide bonds. The van der Waals surface area contributed by atoms with Gasteiger partial charge < -0.3 is 9.80 Å². The molecule has 0 aliphatic carbocycles. The van der Waals surface area contributed by atoms with E-state index in [1.807, 2.05) is 30.2 Å². The van der Waals surface area contributed by atoms with Crippen LogP contribution in [-0.2, 0) is 11.2 Å². The van der Waals surface area contributed by atoms with E-state index in [9.17, 15) is 4.79 Å². The number of hydrogen-bond acceptors (Lipinski definition) is 3. The van der Waals surface area contributed by atoms with Crippen molar-refractivity contribution < 1.29 is 4.79 Å². The van der Waals surface area contributed by atoms with Gasteiger partial charge >= 0.3 is 0 Å². The number of aryl methyl sites for hydroxylation is 1. The van der Waals surface area contributed by atoms with Crippen molar-refractivity contribution in [1.82, 2.24) is 14.8 Å². The molecule has 1 aliphatic heterocycles. The summed E-state index contributed by atoms with van der Waals surface area (Å²) in [6, 6.07) is 12.5. The van der Waals surface area contributed by atoms with Crippen LogP contribution in [0.5, 0.6) is 0 Å². The van der Waals surface area contributed by atoms with Crippen molar-refractivity contribution >= 4 is 12.0 Å². The maximum Gasteiger partial charge on any atom is 0.246 e. The zero-order valence-corrected chi connectivity index (χ0v) is 17.1. The van der Waals surface area contributed by atoms with Gasteiger partial charge in [-0.15, -0.1) is 0 Å². The molecule has 4 heteroatoms. The van der Waals surface area contributed by atoms with Crippen molar-refractivity contribution in [2.24, 2.45) is 5.92 Å². The fraction of sp³-hybridized carbons (Fsp3) is 0.417. The van der Waals surface area contributed by atoms with Gasteiger partial charge in [0.25, 0.3) is 0 Å². The monoisotopic (exact) mass is 377 g/mol. The first kappa shape index (κ1) is 20.3. The van der Waals surface area contributed by atoms with E-state index in [4.69, 9.17) is 0 Å². The second kappa shape index (κ2) is 10.2. The molecule has 4 nitrogen and oxygen atoms in total. The van der Waals surface area contributed by atoms with Crippen molar-refractivity contribution in [1.29, 1.82) is 0 Å². The van der Waals surface area contributed by atoms with Gasteiger partial charge in [0.15, 0.2) is 0 Å². The lowest BCUT2D eigenvalue weighted by Crippen LogP contribution is -2.42. The fourth-order valence-electron chi connectivity index (χ4n) is 3.92. The van der Waals surface area contributed by atoms with Crippen LogP contribution in [0.4, 0.5) is 0 Å². The Bertz CT molecular complexity index is 787. The van der Waals surface area contributed by atoms with Crippen LogP contribution < -0.4 is 0 Å². The predicted molar refractivity (Wildman–Crippen MR) is 115 cm³/mol. The minimum Gasteiger partial charge on any atom is -0.342 e. The SMILES string of the molecule is Cc1ccccc1CCN1CCC[C@H](CN(C)C(=O)/C=C/c2cccnc2)C1. The molecule has 0 N–H and O–H groups in total. The van der Waals surface area contributed by atoms with Gasteiger partial charge in [0.1, 0.15) is 0 Å². The lowest BCUT2D eigenvalue weighted by Gasteiger charge is -2.34. The van der Waals surface area contributed by atoms with Crippen molar-refractivity contribution in [2.75, 3.05) is 33.2 Å². The first-order valence-electron chi connectivity index (χ1n) is 10.2. The molecule has 28 heavy (non-hydrogen) atoms. The summed E-state index contributed by atoms with van der Waals surface area (Å²) in [5, 5.41) is 0. The molecule has 0 spiro atoms. The van der Waals surface area contributed by atoms with E-state index in [-0.39, 0.29) is 5.91 Å². The number of aromatic nitrogens is 1. The zero-order chi connectivity index (χ0) is 19.8. The highest BCUT2D eigenvalue weighted by molar-refractivity contribution is 5.91. The molecule has 3 rings (SSSR count). The molecule has 1 saturated heterocycles. The summed E-state index contributed by atoms with van der Waals surface area (Å²) in [4.78, 5) is 20.9. The zero-order valence-electron chi connectivity index (χ0n) is 17.1. The molecular weight excluding hydrogens is 346 g/mol. The van der Waals surface area contributed by atoms with Crippen LogP contribution in [0.1, 0.15) is 29.5 Å². The first-order chi connectivity index (χ1) is 13.6. The average Bonchev–Trinajstić information content (AvgIpc) is 2.72. The summed E-state index contributed by atoms with van der Waals surface area (Å²) < 4.78 is 0. The number of likely N-dealkylation sites (tertiary alicyclic amines) is 1. The number of carbonyl (C=O) groups is 1. The number of benzene rings is 1. The number of nitrogens with zero attached hydrogens (tertiary/aromatic N) is 3. The lowest BCUT2D eigenvalue weighted by atomic mass is 9.96. The Kier molecular flexibility index (Phi) is 7.38. The molecule has 2 heterocycles. The molecule has 0 radical (unpaired) electrons. The van der Waals surface area contributed by atoms with Gasteiger partial charge in [0.2, 0.25) is 5.91 Å². The highest BCUT2D eigenvalue weighted by atomic mass is 16.2. The number of rotatable bonds is 7. The van der Waals surface area contributed by atoms with Gasteiger partial charge in [-0.2, -0.15) is 0 Å². The van der Waals surface area contributed by atoms with E-state index in [1.54, 1.807) is 18.5 Å².